The fourth-order valence-electron chi connectivity index (χ4n) is 3.01. The Balaban J connectivity index is 1.53. The molecular weight excluding hydrogens is 344 g/mol. The molecule has 1 aliphatic rings. The molecule has 7 nitrogen and oxygen atoms in total. The number of benzene rings is 1. The van der Waals surface area contributed by atoms with Crippen LogP contribution in [0, 0.1) is 6.92 Å². The standard InChI is InChI=1S/C20H26N4O3/c1-14-11-18(24-20(23-14)22-13-17-7-4-10-27-17)19(25)21-9-8-15-5-3-6-16(12-15)26-2/h3,5-6,11-12,17H,4,7-10,13H2,1-2H3,(H,21,25)(H,22,23,24). The van der Waals surface area contributed by atoms with Crippen LogP contribution >= 0.6 is 0 Å². The lowest BCUT2D eigenvalue weighted by Gasteiger charge is -2.12. The van der Waals surface area contributed by atoms with Crippen LogP contribution in [0.4, 0.5) is 5.95 Å². The third-order valence-corrected chi connectivity index (χ3v) is 4.43. The molecule has 3 rings (SSSR count). The van der Waals surface area contributed by atoms with E-state index in [1.54, 1.807) is 13.2 Å². The van der Waals surface area contributed by atoms with Gasteiger partial charge in [-0.05, 0) is 49.9 Å². The third kappa shape index (κ3) is 5.65. The Morgan fingerprint density at radius 2 is 2.22 bits per heavy atom. The van der Waals surface area contributed by atoms with Crippen molar-refractivity contribution in [2.24, 2.45) is 0 Å². The zero-order chi connectivity index (χ0) is 19.1. The number of anilines is 1. The number of hydrogen-bond acceptors (Lipinski definition) is 6. The van der Waals surface area contributed by atoms with Crippen molar-refractivity contribution in [1.29, 1.82) is 0 Å². The van der Waals surface area contributed by atoms with E-state index in [1.807, 2.05) is 31.2 Å². The summed E-state index contributed by atoms with van der Waals surface area (Å²) in [6, 6.07) is 9.51. The van der Waals surface area contributed by atoms with Crippen molar-refractivity contribution in [2.75, 3.05) is 32.1 Å². The van der Waals surface area contributed by atoms with Gasteiger partial charge >= 0.3 is 0 Å². The molecule has 2 N–H and O–H groups in total. The average molecular weight is 370 g/mol. The predicted molar refractivity (Wildman–Crippen MR) is 103 cm³/mol. The molecule has 144 valence electrons. The van der Waals surface area contributed by atoms with Crippen LogP contribution in [0.2, 0.25) is 0 Å². The van der Waals surface area contributed by atoms with Crippen molar-refractivity contribution in [3.8, 4) is 5.75 Å². The smallest absolute Gasteiger partial charge is 0.270 e. The number of aryl methyl sites for hydroxylation is 1. The van der Waals surface area contributed by atoms with Crippen molar-refractivity contribution >= 4 is 11.9 Å². The predicted octanol–water partition coefficient (Wildman–Crippen LogP) is 2.36. The quantitative estimate of drug-likeness (QED) is 0.742. The van der Waals surface area contributed by atoms with Gasteiger partial charge in [0.1, 0.15) is 11.4 Å². The minimum Gasteiger partial charge on any atom is -0.497 e. The summed E-state index contributed by atoms with van der Waals surface area (Å²) in [7, 11) is 1.64. The molecule has 1 aromatic carbocycles. The maximum atomic E-state index is 12.4. The molecule has 1 amide bonds. The maximum absolute atomic E-state index is 12.4. The van der Waals surface area contributed by atoms with Gasteiger partial charge < -0.3 is 20.1 Å². The highest BCUT2D eigenvalue weighted by molar-refractivity contribution is 5.92. The molecule has 2 aromatic rings. The van der Waals surface area contributed by atoms with Crippen molar-refractivity contribution in [3.05, 3.63) is 47.3 Å². The summed E-state index contributed by atoms with van der Waals surface area (Å²) in [6.07, 6.45) is 3.03. The van der Waals surface area contributed by atoms with Gasteiger partial charge in [-0.3, -0.25) is 4.79 Å². The first-order valence-corrected chi connectivity index (χ1v) is 9.26. The van der Waals surface area contributed by atoms with Crippen molar-refractivity contribution in [2.45, 2.75) is 32.3 Å². The number of methoxy groups -OCH3 is 1. The van der Waals surface area contributed by atoms with E-state index < -0.39 is 0 Å². The molecule has 1 fully saturated rings. The Labute approximate surface area is 159 Å². The number of ether oxygens (including phenoxy) is 2. The SMILES string of the molecule is COc1cccc(CCNC(=O)c2cc(C)nc(NCC3CCCO3)n2)c1. The van der Waals surface area contributed by atoms with Crippen molar-refractivity contribution < 1.29 is 14.3 Å². The van der Waals surface area contributed by atoms with Gasteiger partial charge in [-0.15, -0.1) is 0 Å². The summed E-state index contributed by atoms with van der Waals surface area (Å²) < 4.78 is 10.8. The maximum Gasteiger partial charge on any atom is 0.270 e. The summed E-state index contributed by atoms with van der Waals surface area (Å²) in [5.74, 6) is 1.07. The van der Waals surface area contributed by atoms with E-state index in [1.165, 1.54) is 0 Å². The average Bonchev–Trinajstić information content (AvgIpc) is 3.20. The molecule has 2 heterocycles. The second-order valence-electron chi connectivity index (χ2n) is 6.59. The number of hydrogen-bond donors (Lipinski definition) is 2. The first-order chi connectivity index (χ1) is 13.1. The van der Waals surface area contributed by atoms with E-state index in [0.717, 1.165) is 42.9 Å². The van der Waals surface area contributed by atoms with Gasteiger partial charge in [-0.1, -0.05) is 12.1 Å². The largest absolute Gasteiger partial charge is 0.497 e. The van der Waals surface area contributed by atoms with Crippen LogP contribution in [-0.4, -0.2) is 48.8 Å². The number of carbonyl (C=O) groups is 1. The van der Waals surface area contributed by atoms with E-state index in [9.17, 15) is 4.79 Å². The summed E-state index contributed by atoms with van der Waals surface area (Å²) >= 11 is 0. The minimum absolute atomic E-state index is 0.189. The normalized spacial score (nSPS) is 16.1. The van der Waals surface area contributed by atoms with Gasteiger partial charge in [0, 0.05) is 25.4 Å². The first kappa shape index (κ1) is 19.1. The van der Waals surface area contributed by atoms with Crippen LogP contribution in [0.25, 0.3) is 0 Å². The van der Waals surface area contributed by atoms with Gasteiger partial charge in [0.05, 0.1) is 13.2 Å². The first-order valence-electron chi connectivity index (χ1n) is 9.26. The fraction of sp³-hybridized carbons (Fsp3) is 0.450. The van der Waals surface area contributed by atoms with Gasteiger partial charge in [0.2, 0.25) is 5.95 Å². The second kappa shape index (κ2) is 9.32. The van der Waals surface area contributed by atoms with Gasteiger partial charge in [-0.2, -0.15) is 0 Å². The number of nitrogens with zero attached hydrogens (tertiary/aromatic N) is 2. The molecule has 0 saturated carbocycles. The monoisotopic (exact) mass is 370 g/mol. The molecule has 1 unspecified atom stereocenters. The van der Waals surface area contributed by atoms with E-state index in [-0.39, 0.29) is 12.0 Å². The van der Waals surface area contributed by atoms with Gasteiger partial charge in [0.25, 0.3) is 5.91 Å². The lowest BCUT2D eigenvalue weighted by molar-refractivity contribution is 0.0949. The molecule has 0 radical (unpaired) electrons. The van der Waals surface area contributed by atoms with Crippen molar-refractivity contribution in [3.63, 3.8) is 0 Å². The molecular formula is C20H26N4O3. The number of nitrogens with one attached hydrogen (secondary N) is 2. The summed E-state index contributed by atoms with van der Waals surface area (Å²) in [6.45, 7) is 3.84. The lowest BCUT2D eigenvalue weighted by Crippen LogP contribution is -2.27. The van der Waals surface area contributed by atoms with Crippen LogP contribution < -0.4 is 15.4 Å². The summed E-state index contributed by atoms with van der Waals surface area (Å²) in [4.78, 5) is 21.1. The Kier molecular flexibility index (Phi) is 6.59. The Morgan fingerprint density at radius 3 is 3.00 bits per heavy atom. The molecule has 0 aliphatic carbocycles. The topological polar surface area (TPSA) is 85.4 Å². The molecule has 1 aliphatic heterocycles. The highest BCUT2D eigenvalue weighted by Gasteiger charge is 2.16. The van der Waals surface area contributed by atoms with Crippen LogP contribution in [0.15, 0.2) is 30.3 Å². The Bertz CT molecular complexity index is 776. The number of aromatic nitrogens is 2. The van der Waals surface area contributed by atoms with Crippen LogP contribution in [0.5, 0.6) is 5.75 Å². The van der Waals surface area contributed by atoms with Crippen LogP contribution in [-0.2, 0) is 11.2 Å². The molecule has 7 heteroatoms. The molecule has 27 heavy (non-hydrogen) atoms. The minimum atomic E-state index is -0.205. The summed E-state index contributed by atoms with van der Waals surface area (Å²) in [5.41, 5.74) is 2.22. The van der Waals surface area contributed by atoms with E-state index in [2.05, 4.69) is 20.6 Å². The summed E-state index contributed by atoms with van der Waals surface area (Å²) in [5, 5.41) is 6.09. The molecule has 1 atom stereocenters. The fourth-order valence-corrected chi connectivity index (χ4v) is 3.01. The molecule has 0 bridgehead atoms. The Morgan fingerprint density at radius 1 is 1.33 bits per heavy atom. The highest BCUT2D eigenvalue weighted by atomic mass is 16.5. The van der Waals surface area contributed by atoms with Crippen LogP contribution in [0.3, 0.4) is 0 Å². The van der Waals surface area contributed by atoms with Gasteiger partial charge in [0.15, 0.2) is 0 Å². The van der Waals surface area contributed by atoms with Gasteiger partial charge in [-0.25, -0.2) is 9.97 Å². The molecule has 0 spiro atoms. The number of carbonyl (C=O) groups excluding carboxylic acids is 1. The van der Waals surface area contributed by atoms with E-state index in [0.29, 0.717) is 24.7 Å². The molecule has 1 saturated heterocycles. The zero-order valence-corrected chi connectivity index (χ0v) is 15.8. The second-order valence-corrected chi connectivity index (χ2v) is 6.59. The Hall–Kier alpha value is -2.67. The van der Waals surface area contributed by atoms with E-state index in [4.69, 9.17) is 9.47 Å². The number of amides is 1. The zero-order valence-electron chi connectivity index (χ0n) is 15.8. The molecule has 1 aromatic heterocycles. The van der Waals surface area contributed by atoms with Crippen molar-refractivity contribution in [1.82, 2.24) is 15.3 Å². The number of rotatable bonds is 8. The third-order valence-electron chi connectivity index (χ3n) is 4.43. The lowest BCUT2D eigenvalue weighted by atomic mass is 10.1. The highest BCUT2D eigenvalue weighted by Crippen LogP contribution is 2.14. The van der Waals surface area contributed by atoms with E-state index >= 15 is 0 Å². The van der Waals surface area contributed by atoms with Crippen LogP contribution in [0.1, 0.15) is 34.6 Å².